The first-order chi connectivity index (χ1) is 9.20. The van der Waals surface area contributed by atoms with Crippen LogP contribution in [0.5, 0.6) is 0 Å². The molecule has 3 heteroatoms. The monoisotopic (exact) mass is 278 g/mol. The van der Waals surface area contributed by atoms with Gasteiger partial charge in [0.15, 0.2) is 0 Å². The highest BCUT2D eigenvalue weighted by Crippen LogP contribution is 2.24. The molecule has 2 nitrogen and oxygen atoms in total. The van der Waals surface area contributed by atoms with Crippen molar-refractivity contribution in [1.82, 2.24) is 10.2 Å². The quantitative estimate of drug-likeness (QED) is 0.890. The molecule has 0 amide bonds. The van der Waals surface area contributed by atoms with Crippen LogP contribution in [0.1, 0.15) is 42.4 Å². The third-order valence-corrected chi connectivity index (χ3v) is 5.44. The zero-order valence-corrected chi connectivity index (χ0v) is 13.0. The van der Waals surface area contributed by atoms with E-state index in [-0.39, 0.29) is 0 Å². The maximum absolute atomic E-state index is 3.81. The van der Waals surface area contributed by atoms with Crippen molar-refractivity contribution in [2.45, 2.75) is 64.1 Å². The van der Waals surface area contributed by atoms with Crippen LogP contribution in [0.4, 0.5) is 0 Å². The Hall–Kier alpha value is -0.380. The van der Waals surface area contributed by atoms with Crippen LogP contribution in [-0.2, 0) is 6.42 Å². The van der Waals surface area contributed by atoms with Crippen LogP contribution in [0.15, 0.2) is 12.1 Å². The van der Waals surface area contributed by atoms with Gasteiger partial charge in [-0.05, 0) is 64.6 Å². The molecule has 2 atom stereocenters. The molecule has 19 heavy (non-hydrogen) atoms. The topological polar surface area (TPSA) is 15.3 Å². The van der Waals surface area contributed by atoms with Crippen molar-refractivity contribution in [3.05, 3.63) is 21.9 Å². The molecule has 0 bridgehead atoms. The Balaban J connectivity index is 1.51. The second-order valence-electron chi connectivity index (χ2n) is 6.34. The van der Waals surface area contributed by atoms with Gasteiger partial charge in [-0.2, -0.15) is 0 Å². The molecule has 1 saturated carbocycles. The number of nitrogens with zero attached hydrogens (tertiary/aromatic N) is 1. The van der Waals surface area contributed by atoms with Gasteiger partial charge in [0, 0.05) is 34.4 Å². The molecular weight excluding hydrogens is 252 g/mol. The van der Waals surface area contributed by atoms with Crippen molar-refractivity contribution in [2.24, 2.45) is 0 Å². The summed E-state index contributed by atoms with van der Waals surface area (Å²) in [6, 6.07) is 6.83. The van der Waals surface area contributed by atoms with E-state index in [2.05, 4.69) is 36.2 Å². The Morgan fingerprint density at radius 3 is 2.84 bits per heavy atom. The van der Waals surface area contributed by atoms with Gasteiger partial charge in [-0.25, -0.2) is 0 Å². The van der Waals surface area contributed by atoms with Gasteiger partial charge in [-0.3, -0.25) is 4.90 Å². The van der Waals surface area contributed by atoms with Crippen molar-refractivity contribution < 1.29 is 0 Å². The first kappa shape index (κ1) is 13.6. The SMILES string of the molecule is Cc1ccc(CC(C)N2CCCC(NC3CC3)C2)s1. The third kappa shape index (κ3) is 3.80. The zero-order valence-electron chi connectivity index (χ0n) is 12.2. The summed E-state index contributed by atoms with van der Waals surface area (Å²) in [6.07, 6.45) is 6.76. The molecule has 1 aliphatic carbocycles. The van der Waals surface area contributed by atoms with E-state index in [1.54, 1.807) is 4.88 Å². The molecule has 2 unspecified atom stereocenters. The van der Waals surface area contributed by atoms with Crippen molar-refractivity contribution in [3.8, 4) is 0 Å². The lowest BCUT2D eigenvalue weighted by molar-refractivity contribution is 0.144. The normalized spacial score (nSPS) is 26.5. The summed E-state index contributed by atoms with van der Waals surface area (Å²) < 4.78 is 0. The average Bonchev–Trinajstić information content (AvgIpc) is 3.11. The van der Waals surface area contributed by atoms with E-state index in [0.717, 1.165) is 12.1 Å². The molecule has 2 aliphatic rings. The van der Waals surface area contributed by atoms with E-state index >= 15 is 0 Å². The third-order valence-electron chi connectivity index (χ3n) is 4.42. The lowest BCUT2D eigenvalue weighted by atomic mass is 10.0. The van der Waals surface area contributed by atoms with Gasteiger partial charge in [0.25, 0.3) is 0 Å². The maximum Gasteiger partial charge on any atom is 0.0198 e. The molecule has 1 aliphatic heterocycles. The first-order valence-electron chi connectivity index (χ1n) is 7.76. The predicted octanol–water partition coefficient (Wildman–Crippen LogP) is 3.20. The highest BCUT2D eigenvalue weighted by Gasteiger charge is 2.29. The van der Waals surface area contributed by atoms with E-state index in [4.69, 9.17) is 0 Å². The second-order valence-corrected chi connectivity index (χ2v) is 7.71. The second kappa shape index (κ2) is 5.94. The average molecular weight is 278 g/mol. The van der Waals surface area contributed by atoms with Gasteiger partial charge in [0.1, 0.15) is 0 Å². The highest BCUT2D eigenvalue weighted by molar-refractivity contribution is 7.11. The lowest BCUT2D eigenvalue weighted by Gasteiger charge is -2.37. The number of hydrogen-bond acceptors (Lipinski definition) is 3. The Bertz CT molecular complexity index is 411. The van der Waals surface area contributed by atoms with E-state index in [0.29, 0.717) is 6.04 Å². The number of nitrogens with one attached hydrogen (secondary N) is 1. The first-order valence-corrected chi connectivity index (χ1v) is 8.58. The van der Waals surface area contributed by atoms with Gasteiger partial charge in [-0.15, -0.1) is 11.3 Å². The summed E-state index contributed by atoms with van der Waals surface area (Å²) in [6.45, 7) is 7.14. The number of thiophene rings is 1. The minimum absolute atomic E-state index is 0.682. The molecule has 2 heterocycles. The van der Waals surface area contributed by atoms with Crippen LogP contribution in [0.25, 0.3) is 0 Å². The molecular formula is C16H26N2S. The van der Waals surface area contributed by atoms with Crippen LogP contribution >= 0.6 is 11.3 Å². The summed E-state index contributed by atoms with van der Waals surface area (Å²) in [7, 11) is 0. The molecule has 3 rings (SSSR count). The molecule has 0 spiro atoms. The molecule has 106 valence electrons. The Morgan fingerprint density at radius 2 is 2.16 bits per heavy atom. The van der Waals surface area contributed by atoms with Gasteiger partial charge in [0.05, 0.1) is 0 Å². The Labute approximate surface area is 121 Å². The molecule has 1 saturated heterocycles. The predicted molar refractivity (Wildman–Crippen MR) is 83.0 cm³/mol. The van der Waals surface area contributed by atoms with E-state index in [1.165, 1.54) is 50.1 Å². The van der Waals surface area contributed by atoms with Gasteiger partial charge in [-0.1, -0.05) is 0 Å². The van der Waals surface area contributed by atoms with Crippen LogP contribution in [0, 0.1) is 6.92 Å². The minimum Gasteiger partial charge on any atom is -0.310 e. The molecule has 2 fully saturated rings. The van der Waals surface area contributed by atoms with Crippen LogP contribution < -0.4 is 5.32 Å². The van der Waals surface area contributed by atoms with Crippen molar-refractivity contribution in [1.29, 1.82) is 0 Å². The van der Waals surface area contributed by atoms with E-state index in [1.807, 2.05) is 11.3 Å². The number of aryl methyl sites for hydroxylation is 1. The van der Waals surface area contributed by atoms with Gasteiger partial charge >= 0.3 is 0 Å². The standard InChI is InChI=1S/C16H26N2S/c1-12(10-16-8-5-13(2)19-16)18-9-3-4-15(11-18)17-14-6-7-14/h5,8,12,14-15,17H,3-4,6-7,9-11H2,1-2H3. The molecule has 0 aromatic carbocycles. The molecule has 1 N–H and O–H groups in total. The number of likely N-dealkylation sites (tertiary alicyclic amines) is 1. The zero-order chi connectivity index (χ0) is 13.2. The van der Waals surface area contributed by atoms with Gasteiger partial charge in [0.2, 0.25) is 0 Å². The highest BCUT2D eigenvalue weighted by atomic mass is 32.1. The van der Waals surface area contributed by atoms with E-state index in [9.17, 15) is 0 Å². The maximum atomic E-state index is 3.81. The summed E-state index contributed by atoms with van der Waals surface area (Å²) in [5, 5.41) is 3.81. The minimum atomic E-state index is 0.682. The summed E-state index contributed by atoms with van der Waals surface area (Å²) in [5.74, 6) is 0. The molecule has 1 aromatic rings. The van der Waals surface area contributed by atoms with Crippen molar-refractivity contribution in [2.75, 3.05) is 13.1 Å². The van der Waals surface area contributed by atoms with Crippen molar-refractivity contribution in [3.63, 3.8) is 0 Å². The van der Waals surface area contributed by atoms with Gasteiger partial charge < -0.3 is 5.32 Å². The summed E-state index contributed by atoms with van der Waals surface area (Å²) in [4.78, 5) is 5.68. The fourth-order valence-electron chi connectivity index (χ4n) is 3.14. The fourth-order valence-corrected chi connectivity index (χ4v) is 4.15. The van der Waals surface area contributed by atoms with Crippen LogP contribution in [0.2, 0.25) is 0 Å². The Kier molecular flexibility index (Phi) is 4.25. The summed E-state index contributed by atoms with van der Waals surface area (Å²) >= 11 is 1.96. The van der Waals surface area contributed by atoms with E-state index < -0.39 is 0 Å². The fraction of sp³-hybridized carbons (Fsp3) is 0.750. The van der Waals surface area contributed by atoms with Crippen LogP contribution in [-0.4, -0.2) is 36.1 Å². The number of hydrogen-bond donors (Lipinski definition) is 1. The lowest BCUT2D eigenvalue weighted by Crippen LogP contribution is -2.49. The smallest absolute Gasteiger partial charge is 0.0198 e. The largest absolute Gasteiger partial charge is 0.310 e. The number of piperidine rings is 1. The van der Waals surface area contributed by atoms with Crippen molar-refractivity contribution >= 4 is 11.3 Å². The Morgan fingerprint density at radius 1 is 1.32 bits per heavy atom. The summed E-state index contributed by atoms with van der Waals surface area (Å²) in [5.41, 5.74) is 0. The van der Waals surface area contributed by atoms with Crippen LogP contribution in [0.3, 0.4) is 0 Å². The number of rotatable bonds is 5. The molecule has 0 radical (unpaired) electrons. The molecule has 1 aromatic heterocycles.